The highest BCUT2D eigenvalue weighted by Gasteiger charge is 2.22. The van der Waals surface area contributed by atoms with E-state index in [4.69, 9.17) is 0 Å². The third-order valence-electron chi connectivity index (χ3n) is 5.87. The monoisotopic (exact) mass is 441 g/mol. The van der Waals surface area contributed by atoms with E-state index < -0.39 is 5.69 Å². The Bertz CT molecular complexity index is 1180. The molecule has 1 aromatic carbocycles. The SMILES string of the molecule is Cc1cc2nc3c(=O)n(CCN(C)C)c(=O)nc-3n(CCN(C)CCN(C)C)c2cc1C. The van der Waals surface area contributed by atoms with Crippen molar-refractivity contribution in [2.75, 3.05) is 61.4 Å². The van der Waals surface area contributed by atoms with Gasteiger partial charge in [-0.25, -0.2) is 9.78 Å². The Morgan fingerprint density at radius 1 is 0.781 bits per heavy atom. The summed E-state index contributed by atoms with van der Waals surface area (Å²) in [6.45, 7) is 8.20. The van der Waals surface area contributed by atoms with Gasteiger partial charge in [0.2, 0.25) is 0 Å². The maximum Gasteiger partial charge on any atom is 0.352 e. The normalized spacial score (nSPS) is 12.2. The number of aryl methyl sites for hydroxylation is 2. The molecule has 3 rings (SSSR count). The fourth-order valence-electron chi connectivity index (χ4n) is 3.60. The molecule has 0 fully saturated rings. The van der Waals surface area contributed by atoms with Crippen molar-refractivity contribution in [2.24, 2.45) is 0 Å². The van der Waals surface area contributed by atoms with Gasteiger partial charge >= 0.3 is 5.69 Å². The van der Waals surface area contributed by atoms with Gasteiger partial charge in [-0.3, -0.25) is 9.36 Å². The van der Waals surface area contributed by atoms with Gasteiger partial charge in [-0.05, 0) is 72.3 Å². The lowest BCUT2D eigenvalue weighted by atomic mass is 10.1. The van der Waals surface area contributed by atoms with Gasteiger partial charge in [-0.15, -0.1) is 0 Å². The Morgan fingerprint density at radius 3 is 2.06 bits per heavy atom. The summed E-state index contributed by atoms with van der Waals surface area (Å²) in [5, 5.41) is 0. The minimum absolute atomic E-state index is 0.245. The molecule has 0 aliphatic carbocycles. The largest absolute Gasteiger partial charge is 0.352 e. The average molecular weight is 442 g/mol. The number of benzene rings is 1. The molecule has 0 N–H and O–H groups in total. The first kappa shape index (κ1) is 24.0. The molecule has 0 spiro atoms. The van der Waals surface area contributed by atoms with Gasteiger partial charge in [-0.2, -0.15) is 4.98 Å². The topological polar surface area (TPSA) is 79.5 Å². The Kier molecular flexibility index (Phi) is 7.43. The maximum absolute atomic E-state index is 13.2. The van der Waals surface area contributed by atoms with Gasteiger partial charge in [0.1, 0.15) is 0 Å². The highest BCUT2D eigenvalue weighted by molar-refractivity contribution is 5.81. The summed E-state index contributed by atoms with van der Waals surface area (Å²) < 4.78 is 3.17. The van der Waals surface area contributed by atoms with Gasteiger partial charge in [-0.1, -0.05) is 0 Å². The van der Waals surface area contributed by atoms with E-state index in [-0.39, 0.29) is 17.8 Å². The standard InChI is InChI=1S/C23H35N7O2/c1-16-14-18-19(15-17(16)2)29(13-11-28(7)10-8-26(3)4)21-20(24-18)22(31)30(23(32)25-21)12-9-27(5)6/h14-15H,8-13H2,1-7H3. The lowest BCUT2D eigenvalue weighted by molar-refractivity contribution is 0.274. The average Bonchev–Trinajstić information content (AvgIpc) is 2.71. The molecule has 9 heteroatoms. The number of rotatable bonds is 9. The van der Waals surface area contributed by atoms with Gasteiger partial charge < -0.3 is 19.3 Å². The van der Waals surface area contributed by atoms with Crippen LogP contribution in [0, 0.1) is 13.8 Å². The van der Waals surface area contributed by atoms with Crippen LogP contribution in [-0.4, -0.2) is 95.2 Å². The van der Waals surface area contributed by atoms with Crippen molar-refractivity contribution in [1.29, 1.82) is 0 Å². The lowest BCUT2D eigenvalue weighted by Gasteiger charge is -2.23. The van der Waals surface area contributed by atoms with Crippen molar-refractivity contribution in [3.8, 4) is 11.5 Å². The molecule has 1 aromatic rings. The second-order valence-corrected chi connectivity index (χ2v) is 9.12. The molecule has 32 heavy (non-hydrogen) atoms. The van der Waals surface area contributed by atoms with E-state index in [0.717, 1.165) is 41.8 Å². The van der Waals surface area contributed by atoms with Gasteiger partial charge in [0, 0.05) is 39.3 Å². The van der Waals surface area contributed by atoms with E-state index in [0.29, 0.717) is 18.9 Å². The summed E-state index contributed by atoms with van der Waals surface area (Å²) in [6.07, 6.45) is 0. The van der Waals surface area contributed by atoms with Gasteiger partial charge in [0.25, 0.3) is 5.56 Å². The zero-order valence-electron chi connectivity index (χ0n) is 20.3. The van der Waals surface area contributed by atoms with E-state index in [2.05, 4.69) is 53.9 Å². The predicted octanol–water partition coefficient (Wildman–Crippen LogP) is 0.730. The summed E-state index contributed by atoms with van der Waals surface area (Å²) in [6, 6.07) is 4.08. The first-order valence-electron chi connectivity index (χ1n) is 11.0. The molecule has 2 aliphatic rings. The molecule has 0 saturated heterocycles. The van der Waals surface area contributed by atoms with Crippen molar-refractivity contribution in [3.63, 3.8) is 0 Å². The Morgan fingerprint density at radius 2 is 1.41 bits per heavy atom. The van der Waals surface area contributed by atoms with E-state index in [1.165, 1.54) is 4.57 Å². The highest BCUT2D eigenvalue weighted by atomic mass is 16.2. The quantitative estimate of drug-likeness (QED) is 0.453. The third kappa shape index (κ3) is 5.23. The Hall–Kier alpha value is -2.62. The van der Waals surface area contributed by atoms with E-state index in [1.807, 2.05) is 36.6 Å². The van der Waals surface area contributed by atoms with Crippen molar-refractivity contribution in [1.82, 2.24) is 33.8 Å². The first-order valence-corrected chi connectivity index (χ1v) is 11.0. The predicted molar refractivity (Wildman–Crippen MR) is 129 cm³/mol. The van der Waals surface area contributed by atoms with Crippen LogP contribution >= 0.6 is 0 Å². The molecule has 0 unspecified atom stereocenters. The molecule has 2 aliphatic heterocycles. The first-order chi connectivity index (χ1) is 15.1. The summed E-state index contributed by atoms with van der Waals surface area (Å²) in [7, 11) is 9.99. The molecule has 0 amide bonds. The van der Waals surface area contributed by atoms with Crippen LogP contribution in [0.25, 0.3) is 22.6 Å². The highest BCUT2D eigenvalue weighted by Crippen LogP contribution is 2.23. The van der Waals surface area contributed by atoms with Crippen LogP contribution in [0.15, 0.2) is 21.7 Å². The second kappa shape index (κ2) is 9.89. The smallest absolute Gasteiger partial charge is 0.321 e. The van der Waals surface area contributed by atoms with Crippen LogP contribution < -0.4 is 11.2 Å². The molecule has 0 saturated carbocycles. The fourth-order valence-corrected chi connectivity index (χ4v) is 3.60. The summed E-state index contributed by atoms with van der Waals surface area (Å²) >= 11 is 0. The van der Waals surface area contributed by atoms with Crippen LogP contribution in [0.5, 0.6) is 0 Å². The molecule has 0 aromatic heterocycles. The number of hydrogen-bond acceptors (Lipinski definition) is 7. The van der Waals surface area contributed by atoms with Crippen molar-refractivity contribution in [2.45, 2.75) is 26.9 Å². The molecule has 2 heterocycles. The molecular weight excluding hydrogens is 406 g/mol. The molecule has 0 atom stereocenters. The summed E-state index contributed by atoms with van der Waals surface area (Å²) in [4.78, 5) is 41.3. The van der Waals surface area contributed by atoms with Crippen LogP contribution in [0.2, 0.25) is 0 Å². The van der Waals surface area contributed by atoms with Crippen molar-refractivity contribution < 1.29 is 0 Å². The van der Waals surface area contributed by atoms with E-state index >= 15 is 0 Å². The number of fused-ring (bicyclic) bond motifs is 2. The third-order valence-corrected chi connectivity index (χ3v) is 5.87. The number of nitrogens with zero attached hydrogens (tertiary/aromatic N) is 7. The van der Waals surface area contributed by atoms with Gasteiger partial charge in [0.05, 0.1) is 11.0 Å². The number of aromatic nitrogens is 4. The fraction of sp³-hybridized carbons (Fsp3) is 0.565. The lowest BCUT2D eigenvalue weighted by Crippen LogP contribution is -2.41. The van der Waals surface area contributed by atoms with E-state index in [9.17, 15) is 9.59 Å². The minimum atomic E-state index is -0.524. The molecule has 174 valence electrons. The summed E-state index contributed by atoms with van der Waals surface area (Å²) in [5.74, 6) is 0.359. The van der Waals surface area contributed by atoms with Gasteiger partial charge in [0.15, 0.2) is 11.5 Å². The summed E-state index contributed by atoms with van der Waals surface area (Å²) in [5.41, 5.74) is 3.22. The molecule has 9 nitrogen and oxygen atoms in total. The van der Waals surface area contributed by atoms with Crippen molar-refractivity contribution in [3.05, 3.63) is 44.1 Å². The van der Waals surface area contributed by atoms with Crippen LogP contribution in [-0.2, 0) is 13.1 Å². The Labute approximate surface area is 189 Å². The molecule has 0 radical (unpaired) electrons. The van der Waals surface area contributed by atoms with Crippen molar-refractivity contribution >= 4 is 11.0 Å². The van der Waals surface area contributed by atoms with Crippen LogP contribution in [0.4, 0.5) is 0 Å². The van der Waals surface area contributed by atoms with Crippen LogP contribution in [0.3, 0.4) is 0 Å². The van der Waals surface area contributed by atoms with Crippen LogP contribution in [0.1, 0.15) is 11.1 Å². The second-order valence-electron chi connectivity index (χ2n) is 9.12. The molecule has 0 bridgehead atoms. The zero-order chi connectivity index (χ0) is 23.6. The number of hydrogen-bond donors (Lipinski definition) is 0. The molecular formula is C23H35N7O2. The number of likely N-dealkylation sites (N-methyl/N-ethyl adjacent to an activating group) is 3. The zero-order valence-corrected chi connectivity index (χ0v) is 20.3. The Balaban J connectivity index is 2.14. The minimum Gasteiger partial charge on any atom is -0.321 e. The van der Waals surface area contributed by atoms with E-state index in [1.54, 1.807) is 0 Å². The maximum atomic E-state index is 13.2.